The van der Waals surface area contributed by atoms with Gasteiger partial charge in [-0.05, 0) is 29.8 Å². The predicted octanol–water partition coefficient (Wildman–Crippen LogP) is 3.29. The molecule has 0 fully saturated rings. The van der Waals surface area contributed by atoms with Crippen LogP contribution in [0, 0.1) is 0 Å². The standard InChI is InChI=1S/C16H13ClN4O2/c17-12-3-1-11(2-4-12)15-14(10-5-7-18-8-6-10)16(21-20-15)19-9-13(22)23/h1-8H,9H2,(H,22,23)(H2,19,20,21). The number of benzene rings is 1. The van der Waals surface area contributed by atoms with Gasteiger partial charge in [-0.25, -0.2) is 0 Å². The normalized spacial score (nSPS) is 10.5. The molecule has 0 bridgehead atoms. The first kappa shape index (κ1) is 15.1. The summed E-state index contributed by atoms with van der Waals surface area (Å²) < 4.78 is 0. The highest BCUT2D eigenvalue weighted by Crippen LogP contribution is 2.36. The second-order valence-electron chi connectivity index (χ2n) is 4.81. The fourth-order valence-electron chi connectivity index (χ4n) is 2.25. The first-order valence-electron chi connectivity index (χ1n) is 6.85. The molecule has 0 amide bonds. The van der Waals surface area contributed by atoms with Crippen LogP contribution in [0.25, 0.3) is 22.4 Å². The summed E-state index contributed by atoms with van der Waals surface area (Å²) in [6, 6.07) is 11.0. The smallest absolute Gasteiger partial charge is 0.322 e. The van der Waals surface area contributed by atoms with Gasteiger partial charge in [0, 0.05) is 23.0 Å². The average molecular weight is 329 g/mol. The molecule has 2 aromatic heterocycles. The minimum absolute atomic E-state index is 0.208. The van der Waals surface area contributed by atoms with Crippen molar-refractivity contribution in [3.05, 3.63) is 53.8 Å². The van der Waals surface area contributed by atoms with E-state index < -0.39 is 5.97 Å². The Morgan fingerprint density at radius 1 is 1.13 bits per heavy atom. The van der Waals surface area contributed by atoms with E-state index in [0.29, 0.717) is 16.5 Å². The molecular weight excluding hydrogens is 316 g/mol. The van der Waals surface area contributed by atoms with E-state index in [-0.39, 0.29) is 6.54 Å². The van der Waals surface area contributed by atoms with E-state index in [0.717, 1.165) is 16.7 Å². The van der Waals surface area contributed by atoms with Crippen molar-refractivity contribution in [1.29, 1.82) is 0 Å². The number of aliphatic carboxylic acids is 1. The van der Waals surface area contributed by atoms with Crippen molar-refractivity contribution in [1.82, 2.24) is 15.2 Å². The second-order valence-corrected chi connectivity index (χ2v) is 5.25. The Morgan fingerprint density at radius 2 is 1.83 bits per heavy atom. The largest absolute Gasteiger partial charge is 0.480 e. The van der Waals surface area contributed by atoms with Crippen LogP contribution < -0.4 is 5.32 Å². The van der Waals surface area contributed by atoms with Crippen molar-refractivity contribution in [3.8, 4) is 22.4 Å². The van der Waals surface area contributed by atoms with Gasteiger partial charge in [0.15, 0.2) is 0 Å². The molecule has 0 radical (unpaired) electrons. The highest BCUT2D eigenvalue weighted by molar-refractivity contribution is 6.30. The van der Waals surface area contributed by atoms with E-state index in [4.69, 9.17) is 16.7 Å². The van der Waals surface area contributed by atoms with Crippen LogP contribution in [-0.4, -0.2) is 32.8 Å². The van der Waals surface area contributed by atoms with Crippen LogP contribution in [0.15, 0.2) is 48.8 Å². The van der Waals surface area contributed by atoms with Gasteiger partial charge in [-0.2, -0.15) is 5.10 Å². The molecule has 0 aliphatic heterocycles. The topological polar surface area (TPSA) is 90.9 Å². The number of aromatic nitrogens is 3. The number of carboxylic acid groups (broad SMARTS) is 1. The zero-order chi connectivity index (χ0) is 16.2. The third-order valence-corrected chi connectivity index (χ3v) is 3.52. The molecular formula is C16H13ClN4O2. The Morgan fingerprint density at radius 3 is 2.48 bits per heavy atom. The molecule has 0 saturated heterocycles. The summed E-state index contributed by atoms with van der Waals surface area (Å²) in [5.41, 5.74) is 3.25. The first-order valence-corrected chi connectivity index (χ1v) is 7.23. The van der Waals surface area contributed by atoms with Crippen LogP contribution in [0.4, 0.5) is 5.82 Å². The lowest BCUT2D eigenvalue weighted by Gasteiger charge is -2.07. The van der Waals surface area contributed by atoms with Gasteiger partial charge < -0.3 is 10.4 Å². The van der Waals surface area contributed by atoms with E-state index in [1.54, 1.807) is 24.5 Å². The fourth-order valence-corrected chi connectivity index (χ4v) is 2.38. The number of nitrogens with one attached hydrogen (secondary N) is 2. The molecule has 0 atom stereocenters. The second kappa shape index (κ2) is 6.50. The lowest BCUT2D eigenvalue weighted by molar-refractivity contribution is -0.134. The highest BCUT2D eigenvalue weighted by Gasteiger charge is 2.17. The number of rotatable bonds is 5. The maximum atomic E-state index is 10.8. The van der Waals surface area contributed by atoms with Gasteiger partial charge >= 0.3 is 5.97 Å². The number of aromatic amines is 1. The Balaban J connectivity index is 2.09. The summed E-state index contributed by atoms with van der Waals surface area (Å²) in [7, 11) is 0. The van der Waals surface area contributed by atoms with Crippen LogP contribution in [0.3, 0.4) is 0 Å². The van der Waals surface area contributed by atoms with Crippen LogP contribution >= 0.6 is 11.6 Å². The summed E-state index contributed by atoms with van der Waals surface area (Å²) >= 11 is 5.93. The zero-order valence-electron chi connectivity index (χ0n) is 12.0. The third-order valence-electron chi connectivity index (χ3n) is 3.27. The average Bonchev–Trinajstić information content (AvgIpc) is 2.98. The Hall–Kier alpha value is -2.86. The number of H-pyrrole nitrogens is 1. The predicted molar refractivity (Wildman–Crippen MR) is 88.4 cm³/mol. The number of carboxylic acids is 1. The Labute approximate surface area is 137 Å². The van der Waals surface area contributed by atoms with E-state index in [1.807, 2.05) is 24.3 Å². The van der Waals surface area contributed by atoms with Crippen molar-refractivity contribution < 1.29 is 9.90 Å². The summed E-state index contributed by atoms with van der Waals surface area (Å²) in [6.07, 6.45) is 3.35. The minimum atomic E-state index is -0.951. The molecule has 0 spiro atoms. The zero-order valence-corrected chi connectivity index (χ0v) is 12.7. The van der Waals surface area contributed by atoms with Crippen molar-refractivity contribution in [2.24, 2.45) is 0 Å². The van der Waals surface area contributed by atoms with Gasteiger partial charge in [0.25, 0.3) is 0 Å². The molecule has 23 heavy (non-hydrogen) atoms. The molecule has 2 heterocycles. The summed E-state index contributed by atoms with van der Waals surface area (Å²) in [5.74, 6) is -0.406. The van der Waals surface area contributed by atoms with Crippen LogP contribution in [0.5, 0.6) is 0 Å². The van der Waals surface area contributed by atoms with Gasteiger partial charge in [-0.15, -0.1) is 0 Å². The lowest BCUT2D eigenvalue weighted by atomic mass is 10.0. The maximum Gasteiger partial charge on any atom is 0.322 e. The quantitative estimate of drug-likeness (QED) is 0.668. The molecule has 3 rings (SSSR count). The molecule has 7 heteroatoms. The van der Waals surface area contributed by atoms with E-state index in [1.165, 1.54) is 0 Å². The number of anilines is 1. The van der Waals surface area contributed by atoms with Gasteiger partial charge in [-0.3, -0.25) is 14.9 Å². The number of hydrogen-bond acceptors (Lipinski definition) is 4. The number of nitrogens with zero attached hydrogens (tertiary/aromatic N) is 2. The molecule has 3 aromatic rings. The van der Waals surface area contributed by atoms with Crippen LogP contribution in [0.2, 0.25) is 5.02 Å². The summed E-state index contributed by atoms with van der Waals surface area (Å²) in [4.78, 5) is 14.8. The number of carbonyl (C=O) groups is 1. The Kier molecular flexibility index (Phi) is 4.25. The van der Waals surface area contributed by atoms with Crippen molar-refractivity contribution in [2.45, 2.75) is 0 Å². The molecule has 6 nitrogen and oxygen atoms in total. The fraction of sp³-hybridized carbons (Fsp3) is 0.0625. The third kappa shape index (κ3) is 3.32. The van der Waals surface area contributed by atoms with Gasteiger partial charge in [-0.1, -0.05) is 23.7 Å². The summed E-state index contributed by atoms with van der Waals surface area (Å²) in [5, 5.41) is 19.5. The van der Waals surface area contributed by atoms with Crippen LogP contribution in [0.1, 0.15) is 0 Å². The molecule has 0 aliphatic rings. The van der Waals surface area contributed by atoms with Gasteiger partial charge in [0.1, 0.15) is 18.1 Å². The SMILES string of the molecule is O=C(O)CNc1[nH]nc(-c2ccc(Cl)cc2)c1-c1ccncc1. The van der Waals surface area contributed by atoms with Crippen LogP contribution in [-0.2, 0) is 4.79 Å². The summed E-state index contributed by atoms with van der Waals surface area (Å²) in [6.45, 7) is -0.208. The molecule has 0 saturated carbocycles. The maximum absolute atomic E-state index is 10.8. The van der Waals surface area contributed by atoms with Crippen molar-refractivity contribution in [2.75, 3.05) is 11.9 Å². The van der Waals surface area contributed by atoms with Crippen molar-refractivity contribution >= 4 is 23.4 Å². The molecule has 3 N–H and O–H groups in total. The molecule has 0 aliphatic carbocycles. The first-order chi connectivity index (χ1) is 11.1. The minimum Gasteiger partial charge on any atom is -0.480 e. The number of halogens is 1. The van der Waals surface area contributed by atoms with Gasteiger partial charge in [0.2, 0.25) is 0 Å². The van der Waals surface area contributed by atoms with E-state index >= 15 is 0 Å². The molecule has 1 aromatic carbocycles. The lowest BCUT2D eigenvalue weighted by Crippen LogP contribution is -2.13. The number of hydrogen-bond donors (Lipinski definition) is 3. The van der Waals surface area contributed by atoms with Gasteiger partial charge in [0.05, 0.1) is 5.56 Å². The molecule has 116 valence electrons. The Bertz CT molecular complexity index is 816. The highest BCUT2D eigenvalue weighted by atomic mass is 35.5. The monoisotopic (exact) mass is 328 g/mol. The van der Waals surface area contributed by atoms with E-state index in [2.05, 4.69) is 20.5 Å². The van der Waals surface area contributed by atoms with Crippen molar-refractivity contribution in [3.63, 3.8) is 0 Å². The van der Waals surface area contributed by atoms with E-state index in [9.17, 15) is 4.79 Å². The molecule has 0 unspecified atom stereocenters. The number of pyridine rings is 1.